The molecule has 0 spiro atoms. The number of hydrogen-bond acceptors (Lipinski definition) is 2. The van der Waals surface area contributed by atoms with Gasteiger partial charge >= 0.3 is 0 Å². The van der Waals surface area contributed by atoms with Crippen molar-refractivity contribution in [2.45, 2.75) is 57.4 Å². The summed E-state index contributed by atoms with van der Waals surface area (Å²) in [7, 11) is 0. The summed E-state index contributed by atoms with van der Waals surface area (Å²) in [5.41, 5.74) is 0.883. The monoisotopic (exact) mass is 197 g/mol. The van der Waals surface area contributed by atoms with Crippen molar-refractivity contribution in [3.05, 3.63) is 0 Å². The van der Waals surface area contributed by atoms with Crippen LogP contribution in [0, 0.1) is 5.41 Å². The minimum absolute atomic E-state index is 0.276. The Labute approximate surface area is 87.1 Å². The van der Waals surface area contributed by atoms with Gasteiger partial charge in [-0.15, -0.1) is 0 Å². The molecule has 2 aliphatic carbocycles. The molecule has 0 amide bonds. The first kappa shape index (κ1) is 10.4. The van der Waals surface area contributed by atoms with Crippen LogP contribution in [0.5, 0.6) is 0 Å². The van der Waals surface area contributed by atoms with Gasteiger partial charge in [-0.2, -0.15) is 0 Å². The highest BCUT2D eigenvalue weighted by atomic mass is 16.3. The van der Waals surface area contributed by atoms with Gasteiger partial charge in [-0.1, -0.05) is 26.2 Å². The molecule has 0 aromatic rings. The Hall–Kier alpha value is -0.0800. The number of rotatable bonds is 3. The van der Waals surface area contributed by atoms with Crippen LogP contribution in [0.2, 0.25) is 0 Å². The largest absolute Gasteiger partial charge is 0.395 e. The smallest absolute Gasteiger partial charge is 0.0556 e. The molecule has 0 aliphatic heterocycles. The molecule has 2 saturated carbocycles. The highest BCUT2D eigenvalue weighted by Gasteiger charge is 2.51. The molecule has 2 aliphatic rings. The summed E-state index contributed by atoms with van der Waals surface area (Å²) in [6, 6.07) is 0. The molecule has 2 heteroatoms. The fourth-order valence-electron chi connectivity index (χ4n) is 3.74. The van der Waals surface area contributed by atoms with Gasteiger partial charge in [0.25, 0.3) is 0 Å². The lowest BCUT2D eigenvalue weighted by molar-refractivity contribution is 0.0732. The van der Waals surface area contributed by atoms with E-state index in [-0.39, 0.29) is 6.61 Å². The SMILES string of the molecule is C[C@@]12CCCC[C@]1(NCCO)CCC2. The molecule has 2 fully saturated rings. The molecule has 0 aromatic carbocycles. The van der Waals surface area contributed by atoms with Gasteiger partial charge in [-0.3, -0.25) is 0 Å². The van der Waals surface area contributed by atoms with E-state index in [0.717, 1.165) is 6.54 Å². The van der Waals surface area contributed by atoms with Crippen LogP contribution >= 0.6 is 0 Å². The summed E-state index contributed by atoms with van der Waals surface area (Å²) in [5.74, 6) is 0. The van der Waals surface area contributed by atoms with Crippen LogP contribution in [0.25, 0.3) is 0 Å². The minimum atomic E-state index is 0.276. The average Bonchev–Trinajstić information content (AvgIpc) is 2.52. The maximum atomic E-state index is 8.93. The van der Waals surface area contributed by atoms with E-state index < -0.39 is 0 Å². The number of aliphatic hydroxyl groups is 1. The van der Waals surface area contributed by atoms with Crippen molar-refractivity contribution in [3.63, 3.8) is 0 Å². The first-order chi connectivity index (χ1) is 6.72. The molecule has 2 rings (SSSR count). The van der Waals surface area contributed by atoms with Gasteiger partial charge in [0.1, 0.15) is 0 Å². The molecule has 0 radical (unpaired) electrons. The van der Waals surface area contributed by atoms with Crippen LogP contribution in [0.3, 0.4) is 0 Å². The fourth-order valence-corrected chi connectivity index (χ4v) is 3.74. The van der Waals surface area contributed by atoms with Crippen LogP contribution in [0.15, 0.2) is 0 Å². The Balaban J connectivity index is 2.11. The second-order valence-electron chi connectivity index (χ2n) is 5.35. The zero-order valence-corrected chi connectivity index (χ0v) is 9.31. The van der Waals surface area contributed by atoms with Gasteiger partial charge in [0.05, 0.1) is 6.61 Å². The van der Waals surface area contributed by atoms with E-state index in [9.17, 15) is 0 Å². The first-order valence-corrected chi connectivity index (χ1v) is 6.08. The molecule has 0 saturated heterocycles. The zero-order valence-electron chi connectivity index (χ0n) is 9.31. The lowest BCUT2D eigenvalue weighted by Crippen LogP contribution is -2.56. The van der Waals surface area contributed by atoms with Crippen molar-refractivity contribution >= 4 is 0 Å². The van der Waals surface area contributed by atoms with Crippen molar-refractivity contribution in [2.75, 3.05) is 13.2 Å². The standard InChI is InChI=1S/C12H23NO/c1-11-5-2-3-7-12(11,8-4-6-11)13-9-10-14/h13-14H,2-10H2,1H3/t11-,12-/m0/s1. The van der Waals surface area contributed by atoms with E-state index in [4.69, 9.17) is 5.11 Å². The van der Waals surface area contributed by atoms with Crippen LogP contribution in [0.4, 0.5) is 0 Å². The van der Waals surface area contributed by atoms with Crippen LogP contribution in [-0.4, -0.2) is 23.8 Å². The normalized spacial score (nSPS) is 42.4. The number of β-amino-alcohol motifs (C(OH)–C–C–N with tert-alkyl or cyclic N) is 1. The molecule has 0 unspecified atom stereocenters. The van der Waals surface area contributed by atoms with Crippen molar-refractivity contribution in [3.8, 4) is 0 Å². The number of nitrogens with one attached hydrogen (secondary N) is 1. The fraction of sp³-hybridized carbons (Fsp3) is 1.00. The van der Waals surface area contributed by atoms with Crippen LogP contribution in [-0.2, 0) is 0 Å². The van der Waals surface area contributed by atoms with Crippen molar-refractivity contribution in [2.24, 2.45) is 5.41 Å². The van der Waals surface area contributed by atoms with Crippen molar-refractivity contribution < 1.29 is 5.11 Å². The van der Waals surface area contributed by atoms with Gasteiger partial charge in [-0.05, 0) is 31.1 Å². The van der Waals surface area contributed by atoms with Gasteiger partial charge in [0, 0.05) is 12.1 Å². The van der Waals surface area contributed by atoms with E-state index in [1.165, 1.54) is 44.9 Å². The second kappa shape index (κ2) is 3.82. The van der Waals surface area contributed by atoms with Crippen molar-refractivity contribution in [1.29, 1.82) is 0 Å². The highest BCUT2D eigenvalue weighted by Crippen LogP contribution is 2.54. The number of hydrogen-bond donors (Lipinski definition) is 2. The molecule has 82 valence electrons. The van der Waals surface area contributed by atoms with E-state index >= 15 is 0 Å². The summed E-state index contributed by atoms with van der Waals surface area (Å²) < 4.78 is 0. The lowest BCUT2D eigenvalue weighted by Gasteiger charge is -2.48. The molecule has 14 heavy (non-hydrogen) atoms. The summed E-state index contributed by atoms with van der Waals surface area (Å²) >= 11 is 0. The van der Waals surface area contributed by atoms with Gasteiger partial charge in [0.15, 0.2) is 0 Å². The molecule has 0 bridgehead atoms. The Bertz CT molecular complexity index is 206. The number of fused-ring (bicyclic) bond motifs is 1. The quantitative estimate of drug-likeness (QED) is 0.726. The Kier molecular flexibility index (Phi) is 2.85. The summed E-state index contributed by atoms with van der Waals surface area (Å²) in [6.45, 7) is 3.50. The lowest BCUT2D eigenvalue weighted by atomic mass is 9.64. The van der Waals surface area contributed by atoms with Crippen LogP contribution in [0.1, 0.15) is 51.9 Å². The third-order valence-electron chi connectivity index (χ3n) is 4.64. The third-order valence-corrected chi connectivity index (χ3v) is 4.64. The predicted octanol–water partition coefficient (Wildman–Crippen LogP) is 2.07. The molecule has 0 aromatic heterocycles. The first-order valence-electron chi connectivity index (χ1n) is 6.08. The van der Waals surface area contributed by atoms with E-state index in [2.05, 4.69) is 12.2 Å². The molecule has 2 N–H and O–H groups in total. The Morgan fingerprint density at radius 2 is 1.71 bits per heavy atom. The van der Waals surface area contributed by atoms with Gasteiger partial charge in [-0.25, -0.2) is 0 Å². The van der Waals surface area contributed by atoms with E-state index in [0.29, 0.717) is 11.0 Å². The minimum Gasteiger partial charge on any atom is -0.395 e. The maximum absolute atomic E-state index is 8.93. The Morgan fingerprint density at radius 1 is 1.07 bits per heavy atom. The second-order valence-corrected chi connectivity index (χ2v) is 5.35. The van der Waals surface area contributed by atoms with Crippen LogP contribution < -0.4 is 5.32 Å². The molecule has 2 atom stereocenters. The van der Waals surface area contributed by atoms with E-state index in [1.54, 1.807) is 0 Å². The van der Waals surface area contributed by atoms with Gasteiger partial charge < -0.3 is 10.4 Å². The highest BCUT2D eigenvalue weighted by molar-refractivity contribution is 5.08. The van der Waals surface area contributed by atoms with E-state index in [1.807, 2.05) is 0 Å². The van der Waals surface area contributed by atoms with Gasteiger partial charge in [0.2, 0.25) is 0 Å². The molecule has 2 nitrogen and oxygen atoms in total. The summed E-state index contributed by atoms with van der Waals surface area (Å²) in [5, 5.41) is 12.6. The van der Waals surface area contributed by atoms with Crippen molar-refractivity contribution in [1.82, 2.24) is 5.32 Å². The Morgan fingerprint density at radius 3 is 2.50 bits per heavy atom. The molecular formula is C12H23NO. The topological polar surface area (TPSA) is 32.3 Å². The maximum Gasteiger partial charge on any atom is 0.0556 e. The molecule has 0 heterocycles. The summed E-state index contributed by atoms with van der Waals surface area (Å²) in [4.78, 5) is 0. The average molecular weight is 197 g/mol. The number of aliphatic hydroxyl groups excluding tert-OH is 1. The predicted molar refractivity (Wildman–Crippen MR) is 58.2 cm³/mol. The third kappa shape index (κ3) is 1.49. The molecular weight excluding hydrogens is 174 g/mol. The summed E-state index contributed by atoms with van der Waals surface area (Å²) in [6.07, 6.45) is 9.55. The zero-order chi connectivity index (χ0) is 10.1.